The van der Waals surface area contributed by atoms with Crippen molar-refractivity contribution in [3.8, 4) is 17.6 Å². The zero-order chi connectivity index (χ0) is 20.7. The summed E-state index contributed by atoms with van der Waals surface area (Å²) in [6, 6.07) is 11.2. The zero-order valence-corrected chi connectivity index (χ0v) is 16.5. The van der Waals surface area contributed by atoms with Crippen LogP contribution in [-0.2, 0) is 9.59 Å². The van der Waals surface area contributed by atoms with E-state index in [9.17, 15) is 14.9 Å². The molecule has 0 radical (unpaired) electrons. The molecule has 8 heteroatoms. The van der Waals surface area contributed by atoms with Crippen molar-refractivity contribution in [2.75, 3.05) is 19.5 Å². The molecule has 28 heavy (non-hydrogen) atoms. The number of nitrogens with one attached hydrogen (secondary N) is 1. The molecule has 0 spiro atoms. The van der Waals surface area contributed by atoms with Gasteiger partial charge < -0.3 is 14.8 Å². The molecule has 0 aliphatic carbocycles. The van der Waals surface area contributed by atoms with Crippen molar-refractivity contribution in [3.05, 3.63) is 58.1 Å². The predicted molar refractivity (Wildman–Crippen MR) is 108 cm³/mol. The molecule has 0 aliphatic heterocycles. The highest BCUT2D eigenvalue weighted by Crippen LogP contribution is 2.26. The Morgan fingerprint density at radius 3 is 2.29 bits per heavy atom. The van der Waals surface area contributed by atoms with E-state index in [4.69, 9.17) is 32.7 Å². The van der Waals surface area contributed by atoms with Gasteiger partial charge in [-0.15, -0.1) is 0 Å². The van der Waals surface area contributed by atoms with E-state index in [0.29, 0.717) is 22.1 Å². The van der Waals surface area contributed by atoms with E-state index in [1.54, 1.807) is 24.3 Å². The van der Waals surface area contributed by atoms with E-state index >= 15 is 0 Å². The minimum atomic E-state index is -1.53. The van der Waals surface area contributed by atoms with E-state index in [1.807, 2.05) is 0 Å². The summed E-state index contributed by atoms with van der Waals surface area (Å²) >= 11 is 11.8. The minimum absolute atomic E-state index is 0.198. The molecule has 0 saturated carbocycles. The van der Waals surface area contributed by atoms with Gasteiger partial charge in [-0.05, 0) is 42.0 Å². The molecule has 1 N–H and O–H groups in total. The van der Waals surface area contributed by atoms with Gasteiger partial charge in [0.15, 0.2) is 11.7 Å². The maximum absolute atomic E-state index is 12.3. The van der Waals surface area contributed by atoms with Crippen LogP contribution in [0.15, 0.2) is 42.5 Å². The number of carbonyl (C=O) groups is 2. The number of halogens is 2. The fourth-order valence-electron chi connectivity index (χ4n) is 2.25. The Balaban J connectivity index is 2.15. The van der Waals surface area contributed by atoms with Gasteiger partial charge in [-0.2, -0.15) is 5.26 Å². The van der Waals surface area contributed by atoms with Gasteiger partial charge >= 0.3 is 0 Å². The van der Waals surface area contributed by atoms with Crippen molar-refractivity contribution < 1.29 is 19.1 Å². The van der Waals surface area contributed by atoms with Crippen LogP contribution in [0.2, 0.25) is 10.0 Å². The normalized spacial score (nSPS) is 11.5. The van der Waals surface area contributed by atoms with Crippen LogP contribution in [0, 0.1) is 17.2 Å². The molecule has 1 amide bonds. The molecule has 6 nitrogen and oxygen atoms in total. The summed E-state index contributed by atoms with van der Waals surface area (Å²) in [5.74, 6) is -1.91. The maximum Gasteiger partial charge on any atom is 0.249 e. The predicted octanol–water partition coefficient (Wildman–Crippen LogP) is 4.37. The zero-order valence-electron chi connectivity index (χ0n) is 15.0. The fourth-order valence-corrected chi connectivity index (χ4v) is 2.70. The van der Waals surface area contributed by atoms with E-state index in [1.165, 1.54) is 38.5 Å². The second-order valence-electron chi connectivity index (χ2n) is 5.56. The van der Waals surface area contributed by atoms with Crippen LogP contribution in [0.25, 0.3) is 6.08 Å². The third-order valence-corrected chi connectivity index (χ3v) is 4.23. The highest BCUT2D eigenvalue weighted by atomic mass is 35.5. The van der Waals surface area contributed by atoms with E-state index in [-0.39, 0.29) is 10.7 Å². The van der Waals surface area contributed by atoms with Crippen molar-refractivity contribution >= 4 is 46.7 Å². The second-order valence-corrected chi connectivity index (χ2v) is 6.40. The average Bonchev–Trinajstić information content (AvgIpc) is 2.68. The Bertz CT molecular complexity index is 945. The van der Waals surface area contributed by atoms with Crippen LogP contribution in [0.5, 0.6) is 11.5 Å². The van der Waals surface area contributed by atoms with E-state index in [2.05, 4.69) is 5.32 Å². The summed E-state index contributed by atoms with van der Waals surface area (Å²) in [4.78, 5) is 24.7. The highest BCUT2D eigenvalue weighted by molar-refractivity contribution is 6.36. The van der Waals surface area contributed by atoms with Gasteiger partial charge in [-0.3, -0.25) is 9.59 Å². The van der Waals surface area contributed by atoms with Gasteiger partial charge in [-0.1, -0.05) is 29.3 Å². The molecule has 0 saturated heterocycles. The number of hydrogen-bond acceptors (Lipinski definition) is 5. The topological polar surface area (TPSA) is 88.4 Å². The number of ketones is 1. The first-order valence-corrected chi connectivity index (χ1v) is 8.74. The molecule has 2 aromatic rings. The highest BCUT2D eigenvalue weighted by Gasteiger charge is 2.25. The van der Waals surface area contributed by atoms with Crippen LogP contribution >= 0.6 is 23.2 Å². The molecule has 0 aliphatic rings. The number of allylic oxidation sites excluding steroid dienone is 1. The lowest BCUT2D eigenvalue weighted by Crippen LogP contribution is -2.27. The number of nitriles is 1. The molecule has 2 rings (SSSR count). The van der Waals surface area contributed by atoms with Crippen LogP contribution in [0.3, 0.4) is 0 Å². The van der Waals surface area contributed by atoms with Crippen LogP contribution in [0.1, 0.15) is 5.56 Å². The van der Waals surface area contributed by atoms with Gasteiger partial charge in [0.2, 0.25) is 5.91 Å². The Labute approximate surface area is 172 Å². The Hall–Kier alpha value is -3.01. The Kier molecular flexibility index (Phi) is 7.44. The summed E-state index contributed by atoms with van der Waals surface area (Å²) in [7, 11) is 3.01. The third kappa shape index (κ3) is 5.49. The van der Waals surface area contributed by atoms with Gasteiger partial charge in [-0.25, -0.2) is 0 Å². The first-order chi connectivity index (χ1) is 13.4. The lowest BCUT2D eigenvalue weighted by molar-refractivity contribution is -0.126. The van der Waals surface area contributed by atoms with Crippen molar-refractivity contribution in [3.63, 3.8) is 0 Å². The fraction of sp³-hybridized carbons (Fsp3) is 0.150. The number of amides is 1. The lowest BCUT2D eigenvalue weighted by atomic mass is 10.0. The SMILES string of the molecule is COc1cc(/C=C/C(=O)C(C#N)C(=O)Nc2ccc(Cl)cc2Cl)cc(OC)c1. The monoisotopic (exact) mass is 418 g/mol. The number of anilines is 1. The Morgan fingerprint density at radius 2 is 1.75 bits per heavy atom. The minimum Gasteiger partial charge on any atom is -0.497 e. The van der Waals surface area contributed by atoms with Gasteiger partial charge in [0.05, 0.1) is 31.0 Å². The molecule has 144 valence electrons. The van der Waals surface area contributed by atoms with Crippen molar-refractivity contribution in [1.29, 1.82) is 5.26 Å². The molecule has 2 aromatic carbocycles. The molecule has 0 aromatic heterocycles. The van der Waals surface area contributed by atoms with E-state index in [0.717, 1.165) is 6.08 Å². The largest absolute Gasteiger partial charge is 0.497 e. The summed E-state index contributed by atoms with van der Waals surface area (Å²) in [5, 5.41) is 12.3. The van der Waals surface area contributed by atoms with Crippen molar-refractivity contribution in [1.82, 2.24) is 0 Å². The number of carbonyl (C=O) groups excluding carboxylic acids is 2. The van der Waals surface area contributed by atoms with Crippen LogP contribution in [0.4, 0.5) is 5.69 Å². The van der Waals surface area contributed by atoms with Crippen molar-refractivity contribution in [2.24, 2.45) is 5.92 Å². The Morgan fingerprint density at radius 1 is 1.11 bits per heavy atom. The summed E-state index contributed by atoms with van der Waals surface area (Å²) in [6.45, 7) is 0. The number of nitrogens with zero attached hydrogens (tertiary/aromatic N) is 1. The van der Waals surface area contributed by atoms with Gasteiger partial charge in [0.1, 0.15) is 11.5 Å². The number of ether oxygens (including phenoxy) is 2. The number of rotatable bonds is 7. The smallest absolute Gasteiger partial charge is 0.249 e. The number of benzene rings is 2. The average molecular weight is 419 g/mol. The summed E-state index contributed by atoms with van der Waals surface area (Å²) in [6.07, 6.45) is 2.63. The maximum atomic E-state index is 12.3. The molecule has 1 atom stereocenters. The third-order valence-electron chi connectivity index (χ3n) is 3.68. The molecule has 0 bridgehead atoms. The molecule has 0 fully saturated rings. The molecular formula is C20H16Cl2N2O4. The standard InChI is InChI=1S/C20H16Cl2N2O4/c1-27-14-7-12(8-15(10-14)28-2)3-6-19(25)16(11-23)20(26)24-18-5-4-13(21)9-17(18)22/h3-10,16H,1-2H3,(H,24,26)/b6-3+. The van der Waals surface area contributed by atoms with E-state index < -0.39 is 17.6 Å². The van der Waals surface area contributed by atoms with Gasteiger partial charge in [0, 0.05) is 11.1 Å². The van der Waals surface area contributed by atoms with Crippen LogP contribution in [-0.4, -0.2) is 25.9 Å². The molecular weight excluding hydrogens is 403 g/mol. The van der Waals surface area contributed by atoms with Crippen LogP contribution < -0.4 is 14.8 Å². The quantitative estimate of drug-likeness (QED) is 0.532. The summed E-state index contributed by atoms with van der Waals surface area (Å²) in [5.41, 5.74) is 0.869. The number of methoxy groups -OCH3 is 2. The summed E-state index contributed by atoms with van der Waals surface area (Å²) < 4.78 is 10.3. The molecule has 0 heterocycles. The first-order valence-electron chi connectivity index (χ1n) is 7.98. The van der Waals surface area contributed by atoms with Gasteiger partial charge in [0.25, 0.3) is 0 Å². The molecule has 1 unspecified atom stereocenters. The lowest BCUT2D eigenvalue weighted by Gasteiger charge is -2.10. The first kappa shape index (κ1) is 21.3. The number of hydrogen-bond donors (Lipinski definition) is 1. The second kappa shape index (κ2) is 9.79. The van der Waals surface area contributed by atoms with Crippen molar-refractivity contribution in [2.45, 2.75) is 0 Å².